The second kappa shape index (κ2) is 8.39. The number of carbonyl (C=O) groups is 2. The maximum absolute atomic E-state index is 13.3. The van der Waals surface area contributed by atoms with Gasteiger partial charge in [0.25, 0.3) is 0 Å². The molecule has 1 atom stereocenters. The Hall–Kier alpha value is -2.73. The minimum Gasteiger partial charge on any atom is -0.375 e. The van der Waals surface area contributed by atoms with E-state index in [1.807, 2.05) is 26.0 Å². The number of ether oxygens (including phenoxy) is 1. The average Bonchev–Trinajstić information content (AvgIpc) is 2.57. The van der Waals surface area contributed by atoms with Gasteiger partial charge in [-0.05, 0) is 43.2 Å². The fourth-order valence-electron chi connectivity index (χ4n) is 2.44. The Morgan fingerprint density at radius 3 is 2.52 bits per heavy atom. The number of carbonyl (C=O) groups excluding carboxylic acids is 2. The highest BCUT2D eigenvalue weighted by atomic mass is 19.1. The van der Waals surface area contributed by atoms with E-state index in [1.165, 1.54) is 19.2 Å². The molecule has 0 saturated heterocycles. The lowest BCUT2D eigenvalue weighted by Gasteiger charge is -2.16. The van der Waals surface area contributed by atoms with Gasteiger partial charge in [0, 0.05) is 19.3 Å². The molecule has 2 aromatic rings. The van der Waals surface area contributed by atoms with E-state index in [4.69, 9.17) is 4.74 Å². The molecule has 0 bridgehead atoms. The minimum absolute atomic E-state index is 0.0546. The van der Waals surface area contributed by atoms with Crippen molar-refractivity contribution >= 4 is 17.5 Å². The molecule has 5 nitrogen and oxygen atoms in total. The van der Waals surface area contributed by atoms with Gasteiger partial charge in [0.05, 0.1) is 6.10 Å². The smallest absolute Gasteiger partial charge is 0.313 e. The van der Waals surface area contributed by atoms with Crippen molar-refractivity contribution in [3.63, 3.8) is 0 Å². The molecule has 0 aromatic heterocycles. The molecular formula is C19H21FN2O3. The lowest BCUT2D eigenvalue weighted by Crippen LogP contribution is -2.38. The number of amides is 2. The van der Waals surface area contributed by atoms with E-state index in [9.17, 15) is 14.0 Å². The third-order valence-corrected chi connectivity index (χ3v) is 3.79. The summed E-state index contributed by atoms with van der Waals surface area (Å²) in [4.78, 5) is 24.0. The summed E-state index contributed by atoms with van der Waals surface area (Å²) in [6.45, 7) is 3.85. The summed E-state index contributed by atoms with van der Waals surface area (Å²) in [6.07, 6.45) is -0.548. The van der Waals surface area contributed by atoms with Crippen molar-refractivity contribution in [1.82, 2.24) is 5.32 Å². The van der Waals surface area contributed by atoms with Crippen LogP contribution in [0.1, 0.15) is 22.8 Å². The predicted molar refractivity (Wildman–Crippen MR) is 93.7 cm³/mol. The van der Waals surface area contributed by atoms with Crippen LogP contribution in [0.4, 0.5) is 10.1 Å². The number of halogens is 1. The van der Waals surface area contributed by atoms with E-state index in [2.05, 4.69) is 10.6 Å². The van der Waals surface area contributed by atoms with Crippen LogP contribution in [-0.4, -0.2) is 25.5 Å². The van der Waals surface area contributed by atoms with Gasteiger partial charge in [0.1, 0.15) is 5.82 Å². The van der Waals surface area contributed by atoms with E-state index in [0.29, 0.717) is 11.3 Å². The molecule has 0 aliphatic carbocycles. The molecular weight excluding hydrogens is 323 g/mol. The summed E-state index contributed by atoms with van der Waals surface area (Å²) in [5, 5.41) is 5.08. The summed E-state index contributed by atoms with van der Waals surface area (Å²) in [5.74, 6) is -1.93. The summed E-state index contributed by atoms with van der Waals surface area (Å²) < 4.78 is 18.6. The van der Waals surface area contributed by atoms with Gasteiger partial charge >= 0.3 is 11.8 Å². The molecule has 0 heterocycles. The SMILES string of the molecule is COC(CNC(=O)C(=O)Nc1ccc(C)cc1C)c1cccc(F)c1. The fraction of sp³-hybridized carbons (Fsp3) is 0.263. The average molecular weight is 344 g/mol. The summed E-state index contributed by atoms with van der Waals surface area (Å²) in [5.41, 5.74) is 3.10. The molecule has 0 aliphatic rings. The number of anilines is 1. The molecule has 132 valence electrons. The van der Waals surface area contributed by atoms with Crippen molar-refractivity contribution in [2.24, 2.45) is 0 Å². The lowest BCUT2D eigenvalue weighted by molar-refractivity contribution is -0.136. The molecule has 0 radical (unpaired) electrons. The van der Waals surface area contributed by atoms with E-state index < -0.39 is 23.7 Å². The summed E-state index contributed by atoms with van der Waals surface area (Å²) >= 11 is 0. The van der Waals surface area contributed by atoms with Crippen molar-refractivity contribution in [1.29, 1.82) is 0 Å². The third kappa shape index (κ3) is 5.12. The van der Waals surface area contributed by atoms with Gasteiger partial charge in [-0.15, -0.1) is 0 Å². The number of nitrogens with one attached hydrogen (secondary N) is 2. The van der Waals surface area contributed by atoms with Gasteiger partial charge in [-0.2, -0.15) is 0 Å². The Balaban J connectivity index is 1.95. The topological polar surface area (TPSA) is 67.4 Å². The van der Waals surface area contributed by atoms with Crippen LogP contribution >= 0.6 is 0 Å². The zero-order valence-electron chi connectivity index (χ0n) is 14.4. The predicted octanol–water partition coefficient (Wildman–Crippen LogP) is 2.88. The van der Waals surface area contributed by atoms with Crippen molar-refractivity contribution < 1.29 is 18.7 Å². The molecule has 2 N–H and O–H groups in total. The molecule has 0 spiro atoms. The zero-order chi connectivity index (χ0) is 18.4. The second-order valence-corrected chi connectivity index (χ2v) is 5.76. The normalized spacial score (nSPS) is 11.7. The maximum atomic E-state index is 13.3. The zero-order valence-corrected chi connectivity index (χ0v) is 14.4. The first kappa shape index (κ1) is 18.6. The second-order valence-electron chi connectivity index (χ2n) is 5.76. The highest BCUT2D eigenvalue weighted by molar-refractivity contribution is 6.39. The van der Waals surface area contributed by atoms with Crippen LogP contribution in [0.15, 0.2) is 42.5 Å². The Labute approximate surface area is 146 Å². The van der Waals surface area contributed by atoms with Crippen LogP contribution in [0.2, 0.25) is 0 Å². The summed E-state index contributed by atoms with van der Waals surface area (Å²) in [7, 11) is 1.46. The molecule has 1 unspecified atom stereocenters. The molecule has 0 saturated carbocycles. The van der Waals surface area contributed by atoms with Crippen molar-refractivity contribution in [3.8, 4) is 0 Å². The van der Waals surface area contributed by atoms with Crippen LogP contribution < -0.4 is 10.6 Å². The molecule has 0 fully saturated rings. The summed E-state index contributed by atoms with van der Waals surface area (Å²) in [6, 6.07) is 11.4. The van der Waals surface area contributed by atoms with E-state index in [0.717, 1.165) is 11.1 Å². The quantitative estimate of drug-likeness (QED) is 0.820. The number of benzene rings is 2. The van der Waals surface area contributed by atoms with E-state index in [1.54, 1.807) is 18.2 Å². The molecule has 2 rings (SSSR count). The molecule has 25 heavy (non-hydrogen) atoms. The standard InChI is InChI=1S/C19H21FN2O3/c1-12-7-8-16(13(2)9-12)22-19(24)18(23)21-11-17(25-3)14-5-4-6-15(20)10-14/h4-10,17H,11H2,1-3H3,(H,21,23)(H,22,24). The van der Waals surface area contributed by atoms with Gasteiger partial charge in [0.2, 0.25) is 0 Å². The Kier molecular flexibility index (Phi) is 6.25. The van der Waals surface area contributed by atoms with E-state index >= 15 is 0 Å². The fourth-order valence-corrected chi connectivity index (χ4v) is 2.44. The largest absolute Gasteiger partial charge is 0.375 e. The van der Waals surface area contributed by atoms with Crippen LogP contribution in [0, 0.1) is 19.7 Å². The molecule has 2 amide bonds. The van der Waals surface area contributed by atoms with Crippen LogP contribution in [0.25, 0.3) is 0 Å². The van der Waals surface area contributed by atoms with Crippen molar-refractivity contribution in [3.05, 3.63) is 65.0 Å². The number of rotatable bonds is 5. The highest BCUT2D eigenvalue weighted by Gasteiger charge is 2.18. The van der Waals surface area contributed by atoms with Gasteiger partial charge < -0.3 is 15.4 Å². The first-order valence-corrected chi connectivity index (χ1v) is 7.85. The Morgan fingerprint density at radius 1 is 1.12 bits per heavy atom. The monoisotopic (exact) mass is 344 g/mol. The van der Waals surface area contributed by atoms with Gasteiger partial charge in [0.15, 0.2) is 0 Å². The van der Waals surface area contributed by atoms with Crippen LogP contribution in [-0.2, 0) is 14.3 Å². The Bertz CT molecular complexity index is 777. The Morgan fingerprint density at radius 2 is 1.88 bits per heavy atom. The molecule has 6 heteroatoms. The van der Waals surface area contributed by atoms with E-state index in [-0.39, 0.29) is 6.54 Å². The maximum Gasteiger partial charge on any atom is 0.313 e. The first-order chi connectivity index (χ1) is 11.9. The minimum atomic E-state index is -0.779. The highest BCUT2D eigenvalue weighted by Crippen LogP contribution is 2.17. The van der Waals surface area contributed by atoms with Gasteiger partial charge in [-0.3, -0.25) is 9.59 Å². The van der Waals surface area contributed by atoms with Crippen LogP contribution in [0.5, 0.6) is 0 Å². The van der Waals surface area contributed by atoms with Gasteiger partial charge in [-0.1, -0.05) is 29.8 Å². The van der Waals surface area contributed by atoms with Gasteiger partial charge in [-0.25, -0.2) is 4.39 Å². The molecule has 2 aromatic carbocycles. The van der Waals surface area contributed by atoms with Crippen molar-refractivity contribution in [2.75, 3.05) is 19.0 Å². The number of aryl methyl sites for hydroxylation is 2. The number of hydrogen-bond acceptors (Lipinski definition) is 3. The van der Waals surface area contributed by atoms with Crippen molar-refractivity contribution in [2.45, 2.75) is 20.0 Å². The lowest BCUT2D eigenvalue weighted by atomic mass is 10.1. The van der Waals surface area contributed by atoms with Crippen LogP contribution in [0.3, 0.4) is 0 Å². The number of methoxy groups -OCH3 is 1. The molecule has 0 aliphatic heterocycles. The first-order valence-electron chi connectivity index (χ1n) is 7.85. The third-order valence-electron chi connectivity index (χ3n) is 3.79. The number of hydrogen-bond donors (Lipinski definition) is 2.